The zero-order valence-electron chi connectivity index (χ0n) is 17.3. The Labute approximate surface area is 181 Å². The monoisotopic (exact) mass is 421 g/mol. The molecule has 1 heterocycles. The van der Waals surface area contributed by atoms with E-state index in [-0.39, 0.29) is 31.3 Å². The predicted octanol–water partition coefficient (Wildman–Crippen LogP) is 3.69. The summed E-state index contributed by atoms with van der Waals surface area (Å²) in [4.78, 5) is 36.8. The van der Waals surface area contributed by atoms with Crippen LogP contribution in [-0.2, 0) is 25.5 Å². The minimum Gasteiger partial charge on any atom is -0.481 e. The van der Waals surface area contributed by atoms with Crippen molar-refractivity contribution in [1.82, 2.24) is 5.32 Å². The van der Waals surface area contributed by atoms with Gasteiger partial charge in [0.15, 0.2) is 0 Å². The zero-order chi connectivity index (χ0) is 22.1. The van der Waals surface area contributed by atoms with Crippen LogP contribution in [0.3, 0.4) is 0 Å². The van der Waals surface area contributed by atoms with Gasteiger partial charge in [0.1, 0.15) is 6.61 Å². The molecule has 3 rings (SSSR count). The van der Waals surface area contributed by atoms with Crippen molar-refractivity contribution in [2.75, 3.05) is 6.61 Å². The number of nitrogens with one attached hydrogen (secondary N) is 1. The first kappa shape index (κ1) is 22.3. The second-order valence-corrected chi connectivity index (χ2v) is 7.73. The number of carbonyl (C=O) groups excluding carboxylic acids is 2. The normalized spacial score (nSPS) is 22.5. The van der Waals surface area contributed by atoms with Gasteiger partial charge in [0, 0.05) is 5.92 Å². The van der Waals surface area contributed by atoms with E-state index in [4.69, 9.17) is 9.84 Å². The molecule has 2 aromatic carbocycles. The minimum absolute atomic E-state index is 0.0491. The van der Waals surface area contributed by atoms with Crippen LogP contribution in [0.5, 0.6) is 0 Å². The molecular formula is C25H27NO5. The Hall–Kier alpha value is -3.41. The fourth-order valence-electron chi connectivity index (χ4n) is 3.66. The summed E-state index contributed by atoms with van der Waals surface area (Å²) in [5, 5.41) is 12.2. The predicted molar refractivity (Wildman–Crippen MR) is 116 cm³/mol. The largest absolute Gasteiger partial charge is 0.481 e. The second kappa shape index (κ2) is 11.1. The van der Waals surface area contributed by atoms with Crippen LogP contribution in [0.2, 0.25) is 0 Å². The van der Waals surface area contributed by atoms with Gasteiger partial charge in [-0.15, -0.1) is 0 Å². The SMILES string of the molecule is O=C(O)C[C@@H]1CC=CC[C@H](Cc2ccccc2)C(=O)N[C@H](c2ccccc2)COC1=O. The topological polar surface area (TPSA) is 92.7 Å². The maximum absolute atomic E-state index is 13.1. The van der Waals surface area contributed by atoms with E-state index in [0.29, 0.717) is 12.8 Å². The molecule has 2 N–H and O–H groups in total. The lowest BCUT2D eigenvalue weighted by molar-refractivity contribution is -0.154. The van der Waals surface area contributed by atoms with Gasteiger partial charge in [-0.3, -0.25) is 14.4 Å². The highest BCUT2D eigenvalue weighted by molar-refractivity contribution is 5.80. The van der Waals surface area contributed by atoms with Gasteiger partial charge in [-0.05, 0) is 30.4 Å². The number of hydrogen-bond acceptors (Lipinski definition) is 4. The highest BCUT2D eigenvalue weighted by Gasteiger charge is 2.27. The van der Waals surface area contributed by atoms with Crippen molar-refractivity contribution in [2.24, 2.45) is 11.8 Å². The first-order chi connectivity index (χ1) is 15.0. The number of rotatable bonds is 5. The van der Waals surface area contributed by atoms with E-state index in [0.717, 1.165) is 11.1 Å². The maximum atomic E-state index is 13.1. The lowest BCUT2D eigenvalue weighted by Crippen LogP contribution is -2.38. The molecule has 0 unspecified atom stereocenters. The fourth-order valence-corrected chi connectivity index (χ4v) is 3.66. The Balaban J connectivity index is 1.85. The molecule has 0 bridgehead atoms. The number of benzene rings is 2. The quantitative estimate of drug-likeness (QED) is 0.567. The van der Waals surface area contributed by atoms with Crippen LogP contribution < -0.4 is 5.32 Å². The summed E-state index contributed by atoms with van der Waals surface area (Å²) < 4.78 is 5.45. The summed E-state index contributed by atoms with van der Waals surface area (Å²) in [7, 11) is 0. The van der Waals surface area contributed by atoms with Gasteiger partial charge in [0.2, 0.25) is 5.91 Å². The number of amides is 1. The Morgan fingerprint density at radius 3 is 2.19 bits per heavy atom. The summed E-state index contributed by atoms with van der Waals surface area (Å²) in [5.41, 5.74) is 1.89. The van der Waals surface area contributed by atoms with Crippen LogP contribution in [0, 0.1) is 11.8 Å². The third-order valence-electron chi connectivity index (χ3n) is 5.37. The maximum Gasteiger partial charge on any atom is 0.309 e. The number of carboxylic acids is 1. The molecule has 0 radical (unpaired) electrons. The number of cyclic esters (lactones) is 1. The summed E-state index contributed by atoms with van der Waals surface area (Å²) in [6.45, 7) is -0.0491. The molecule has 162 valence electrons. The first-order valence-electron chi connectivity index (χ1n) is 10.5. The van der Waals surface area contributed by atoms with Gasteiger partial charge >= 0.3 is 11.9 Å². The smallest absolute Gasteiger partial charge is 0.309 e. The van der Waals surface area contributed by atoms with E-state index < -0.39 is 23.9 Å². The average molecular weight is 421 g/mol. The second-order valence-electron chi connectivity index (χ2n) is 7.73. The third kappa shape index (κ3) is 6.81. The number of aliphatic carboxylic acids is 1. The van der Waals surface area contributed by atoms with Crippen LogP contribution in [-0.4, -0.2) is 29.6 Å². The molecule has 0 saturated carbocycles. The van der Waals surface area contributed by atoms with Gasteiger partial charge in [0.05, 0.1) is 18.4 Å². The summed E-state index contributed by atoms with van der Waals surface area (Å²) >= 11 is 0. The molecule has 3 atom stereocenters. The van der Waals surface area contributed by atoms with Crippen LogP contribution >= 0.6 is 0 Å². The van der Waals surface area contributed by atoms with E-state index in [1.54, 1.807) is 6.08 Å². The van der Waals surface area contributed by atoms with Crippen molar-refractivity contribution in [3.8, 4) is 0 Å². The summed E-state index contributed by atoms with van der Waals surface area (Å²) in [5.74, 6) is -2.77. The molecule has 2 aromatic rings. The third-order valence-corrected chi connectivity index (χ3v) is 5.37. The lowest BCUT2D eigenvalue weighted by Gasteiger charge is -2.24. The Morgan fingerprint density at radius 1 is 0.935 bits per heavy atom. The fraction of sp³-hybridized carbons (Fsp3) is 0.320. The standard InChI is InChI=1S/C25H27NO5/c27-23(28)16-21-14-8-7-13-20(15-18-9-3-1-4-10-18)24(29)26-22(17-31-25(21)30)19-11-5-2-6-12-19/h1-12,20-22H,13-17H2,(H,26,29)(H,27,28)/t20-,21+,22+/m1/s1. The van der Waals surface area contributed by atoms with Gasteiger partial charge in [-0.1, -0.05) is 72.8 Å². The molecule has 0 saturated heterocycles. The number of esters is 1. The highest BCUT2D eigenvalue weighted by atomic mass is 16.5. The van der Waals surface area contributed by atoms with Crippen molar-refractivity contribution in [1.29, 1.82) is 0 Å². The van der Waals surface area contributed by atoms with Crippen molar-refractivity contribution in [3.05, 3.63) is 83.9 Å². The summed E-state index contributed by atoms with van der Waals surface area (Å²) in [6, 6.07) is 18.6. The van der Waals surface area contributed by atoms with Crippen molar-refractivity contribution in [2.45, 2.75) is 31.7 Å². The molecule has 6 nitrogen and oxygen atoms in total. The van der Waals surface area contributed by atoms with Crippen LogP contribution in [0.25, 0.3) is 0 Å². The number of ether oxygens (including phenoxy) is 1. The lowest BCUT2D eigenvalue weighted by atomic mass is 9.93. The highest BCUT2D eigenvalue weighted by Crippen LogP contribution is 2.21. The van der Waals surface area contributed by atoms with E-state index >= 15 is 0 Å². The van der Waals surface area contributed by atoms with Gasteiger partial charge in [-0.25, -0.2) is 0 Å². The molecule has 1 aliphatic rings. The average Bonchev–Trinajstić information content (AvgIpc) is 2.77. The van der Waals surface area contributed by atoms with Crippen molar-refractivity contribution in [3.63, 3.8) is 0 Å². The van der Waals surface area contributed by atoms with E-state index in [1.807, 2.05) is 66.7 Å². The van der Waals surface area contributed by atoms with Crippen molar-refractivity contribution < 1.29 is 24.2 Å². The van der Waals surface area contributed by atoms with Gasteiger partial charge < -0.3 is 15.2 Å². The van der Waals surface area contributed by atoms with Crippen LogP contribution in [0.1, 0.15) is 36.4 Å². The molecule has 1 amide bonds. The molecule has 31 heavy (non-hydrogen) atoms. The molecule has 0 aliphatic carbocycles. The summed E-state index contributed by atoms with van der Waals surface area (Å²) in [6.07, 6.45) is 4.68. The van der Waals surface area contributed by atoms with Gasteiger partial charge in [-0.2, -0.15) is 0 Å². The minimum atomic E-state index is -1.04. The molecule has 6 heteroatoms. The Morgan fingerprint density at radius 2 is 1.55 bits per heavy atom. The van der Waals surface area contributed by atoms with Gasteiger partial charge in [0.25, 0.3) is 0 Å². The first-order valence-corrected chi connectivity index (χ1v) is 10.5. The van der Waals surface area contributed by atoms with Crippen LogP contribution in [0.4, 0.5) is 0 Å². The Kier molecular flexibility index (Phi) is 7.98. The van der Waals surface area contributed by atoms with E-state index in [1.165, 1.54) is 0 Å². The molecule has 0 aromatic heterocycles. The molecule has 0 spiro atoms. The Bertz CT molecular complexity index is 910. The zero-order valence-corrected chi connectivity index (χ0v) is 17.3. The molecular weight excluding hydrogens is 394 g/mol. The number of carbonyl (C=O) groups is 3. The molecule has 0 fully saturated rings. The molecule has 1 aliphatic heterocycles. The number of carboxylic acid groups (broad SMARTS) is 1. The number of allylic oxidation sites excluding steroid dienone is 2. The van der Waals surface area contributed by atoms with Crippen molar-refractivity contribution >= 4 is 17.8 Å². The van der Waals surface area contributed by atoms with E-state index in [2.05, 4.69) is 5.32 Å². The number of hydrogen-bond donors (Lipinski definition) is 2. The van der Waals surface area contributed by atoms with Crippen LogP contribution in [0.15, 0.2) is 72.8 Å². The van der Waals surface area contributed by atoms with E-state index in [9.17, 15) is 14.4 Å².